The third-order valence-electron chi connectivity index (χ3n) is 5.17. The van der Waals surface area contributed by atoms with Crippen molar-refractivity contribution < 1.29 is 36.9 Å². The van der Waals surface area contributed by atoms with E-state index in [1.54, 1.807) is 18.2 Å². The molecule has 0 unspecified atom stereocenters. The van der Waals surface area contributed by atoms with Crippen molar-refractivity contribution in [1.29, 1.82) is 0 Å². The SMILES string of the molecule is O=C(C[C@@H]1C=C[C@@H](NS(=O)(=O)c2cccc(F)c2)[C@@H](CO)O1)NCc1ccc2c(c1)OCO2. The van der Waals surface area contributed by atoms with Crippen LogP contribution in [-0.2, 0) is 26.1 Å². The first-order valence-corrected chi connectivity index (χ1v) is 11.7. The van der Waals surface area contributed by atoms with E-state index in [0.29, 0.717) is 11.5 Å². The van der Waals surface area contributed by atoms with Crippen LogP contribution in [-0.4, -0.2) is 51.1 Å². The molecule has 0 bridgehead atoms. The van der Waals surface area contributed by atoms with Crippen molar-refractivity contribution in [1.82, 2.24) is 10.0 Å². The number of sulfonamides is 1. The van der Waals surface area contributed by atoms with E-state index < -0.39 is 40.7 Å². The highest BCUT2D eigenvalue weighted by atomic mass is 32.2. The summed E-state index contributed by atoms with van der Waals surface area (Å²) in [6.45, 7) is -0.0245. The Morgan fingerprint density at radius 1 is 1.12 bits per heavy atom. The standard InChI is InChI=1S/C22H23FN2O7S/c23-15-2-1-3-17(9-15)33(28,29)25-18-6-5-16(32-21(18)12-26)10-22(27)24-11-14-4-7-19-20(8-14)31-13-30-19/h1-9,16,18,21,25-26H,10-13H2,(H,24,27)/t16-,18+,21+/m0/s1. The molecule has 2 aromatic rings. The molecule has 33 heavy (non-hydrogen) atoms. The Kier molecular flexibility index (Phi) is 6.94. The van der Waals surface area contributed by atoms with Crippen LogP contribution >= 0.6 is 0 Å². The minimum atomic E-state index is -4.04. The number of carbonyl (C=O) groups is 1. The molecule has 4 rings (SSSR count). The summed E-state index contributed by atoms with van der Waals surface area (Å²) in [5.74, 6) is 0.318. The van der Waals surface area contributed by atoms with E-state index in [2.05, 4.69) is 10.0 Å². The smallest absolute Gasteiger partial charge is 0.241 e. The highest BCUT2D eigenvalue weighted by Gasteiger charge is 2.31. The fourth-order valence-corrected chi connectivity index (χ4v) is 4.75. The first-order valence-electron chi connectivity index (χ1n) is 10.2. The molecule has 2 heterocycles. The summed E-state index contributed by atoms with van der Waals surface area (Å²) in [5.41, 5.74) is 0.841. The largest absolute Gasteiger partial charge is 0.454 e. The Hall–Kier alpha value is -2.99. The number of hydrogen-bond donors (Lipinski definition) is 3. The molecular formula is C22H23FN2O7S. The van der Waals surface area contributed by atoms with Crippen LogP contribution in [0.5, 0.6) is 11.5 Å². The number of carbonyl (C=O) groups excluding carboxylic acids is 1. The summed E-state index contributed by atoms with van der Waals surface area (Å²) >= 11 is 0. The molecule has 176 valence electrons. The number of fused-ring (bicyclic) bond motifs is 1. The summed E-state index contributed by atoms with van der Waals surface area (Å²) in [6, 6.07) is 9.10. The average molecular weight is 478 g/mol. The van der Waals surface area contributed by atoms with Gasteiger partial charge >= 0.3 is 0 Å². The van der Waals surface area contributed by atoms with Crippen LogP contribution in [0, 0.1) is 5.82 Å². The molecule has 2 aromatic carbocycles. The van der Waals surface area contributed by atoms with Crippen molar-refractivity contribution in [3.8, 4) is 11.5 Å². The van der Waals surface area contributed by atoms with Gasteiger partial charge in [-0.2, -0.15) is 0 Å². The fraction of sp³-hybridized carbons (Fsp3) is 0.318. The van der Waals surface area contributed by atoms with Crippen LogP contribution in [0.4, 0.5) is 4.39 Å². The van der Waals surface area contributed by atoms with Gasteiger partial charge in [-0.15, -0.1) is 0 Å². The molecule has 0 fully saturated rings. The second-order valence-electron chi connectivity index (χ2n) is 7.55. The van der Waals surface area contributed by atoms with E-state index in [9.17, 15) is 22.7 Å². The van der Waals surface area contributed by atoms with Gasteiger partial charge in [0.2, 0.25) is 22.7 Å². The van der Waals surface area contributed by atoms with Crippen molar-refractivity contribution in [2.45, 2.75) is 36.1 Å². The maximum absolute atomic E-state index is 13.4. The van der Waals surface area contributed by atoms with Gasteiger partial charge < -0.3 is 24.6 Å². The first-order chi connectivity index (χ1) is 15.8. The van der Waals surface area contributed by atoms with Gasteiger partial charge in [0.05, 0.1) is 30.1 Å². The molecule has 2 aliphatic heterocycles. The lowest BCUT2D eigenvalue weighted by atomic mass is 10.1. The topological polar surface area (TPSA) is 123 Å². The second kappa shape index (κ2) is 9.87. The molecule has 9 nitrogen and oxygen atoms in total. The summed E-state index contributed by atoms with van der Waals surface area (Å²) in [6.07, 6.45) is 1.52. The molecule has 1 amide bonds. The van der Waals surface area contributed by atoms with Crippen molar-refractivity contribution in [2.24, 2.45) is 0 Å². The van der Waals surface area contributed by atoms with Crippen LogP contribution < -0.4 is 19.5 Å². The zero-order valence-electron chi connectivity index (χ0n) is 17.4. The molecule has 0 aliphatic carbocycles. The maximum atomic E-state index is 13.4. The number of ether oxygens (including phenoxy) is 3. The van der Waals surface area contributed by atoms with Gasteiger partial charge in [0.15, 0.2) is 11.5 Å². The Balaban J connectivity index is 1.33. The Labute approximate surface area is 190 Å². The van der Waals surface area contributed by atoms with Crippen LogP contribution in [0.2, 0.25) is 0 Å². The number of rotatable bonds is 8. The van der Waals surface area contributed by atoms with Gasteiger partial charge in [0, 0.05) is 6.54 Å². The highest BCUT2D eigenvalue weighted by molar-refractivity contribution is 7.89. The van der Waals surface area contributed by atoms with Crippen molar-refractivity contribution in [3.63, 3.8) is 0 Å². The van der Waals surface area contributed by atoms with Crippen molar-refractivity contribution >= 4 is 15.9 Å². The predicted molar refractivity (Wildman–Crippen MR) is 114 cm³/mol. The first kappa shape index (κ1) is 23.2. The van der Waals surface area contributed by atoms with Gasteiger partial charge in [-0.05, 0) is 35.9 Å². The quantitative estimate of drug-likeness (QED) is 0.488. The molecule has 3 atom stereocenters. The molecule has 0 saturated carbocycles. The lowest BCUT2D eigenvalue weighted by Gasteiger charge is -2.31. The number of hydrogen-bond acceptors (Lipinski definition) is 7. The minimum absolute atomic E-state index is 0.0130. The molecule has 3 N–H and O–H groups in total. The molecule has 0 spiro atoms. The zero-order valence-corrected chi connectivity index (χ0v) is 18.3. The summed E-state index contributed by atoms with van der Waals surface area (Å²) < 4.78 is 57.1. The van der Waals surface area contributed by atoms with Crippen LogP contribution in [0.25, 0.3) is 0 Å². The van der Waals surface area contributed by atoms with Gasteiger partial charge in [-0.3, -0.25) is 4.79 Å². The van der Waals surface area contributed by atoms with Gasteiger partial charge in [0.25, 0.3) is 0 Å². The van der Waals surface area contributed by atoms with Gasteiger partial charge in [0.1, 0.15) is 11.9 Å². The molecule has 0 saturated heterocycles. The van der Waals surface area contributed by atoms with Gasteiger partial charge in [-0.1, -0.05) is 24.3 Å². The van der Waals surface area contributed by atoms with E-state index >= 15 is 0 Å². The third kappa shape index (κ3) is 5.69. The lowest BCUT2D eigenvalue weighted by molar-refractivity contribution is -0.125. The number of halogens is 1. The van der Waals surface area contributed by atoms with Crippen LogP contribution in [0.3, 0.4) is 0 Å². The van der Waals surface area contributed by atoms with Crippen LogP contribution in [0.15, 0.2) is 59.5 Å². The number of benzene rings is 2. The summed E-state index contributed by atoms with van der Waals surface area (Å²) in [7, 11) is -4.04. The summed E-state index contributed by atoms with van der Waals surface area (Å²) in [5, 5.41) is 12.5. The maximum Gasteiger partial charge on any atom is 0.241 e. The molecular weight excluding hydrogens is 455 g/mol. The molecule has 11 heteroatoms. The second-order valence-corrected chi connectivity index (χ2v) is 9.27. The Bertz CT molecular complexity index is 1160. The normalized spacial score (nSPS) is 21.7. The minimum Gasteiger partial charge on any atom is -0.454 e. The Morgan fingerprint density at radius 3 is 2.73 bits per heavy atom. The number of aliphatic hydroxyl groups excluding tert-OH is 1. The van der Waals surface area contributed by atoms with E-state index in [1.807, 2.05) is 6.07 Å². The predicted octanol–water partition coefficient (Wildman–Crippen LogP) is 1.22. The van der Waals surface area contributed by atoms with Crippen LogP contribution in [0.1, 0.15) is 12.0 Å². The van der Waals surface area contributed by atoms with E-state index in [1.165, 1.54) is 18.2 Å². The molecule has 0 radical (unpaired) electrons. The third-order valence-corrected chi connectivity index (χ3v) is 6.63. The Morgan fingerprint density at radius 2 is 1.94 bits per heavy atom. The lowest BCUT2D eigenvalue weighted by Crippen LogP contribution is -2.49. The van der Waals surface area contributed by atoms with Crippen molar-refractivity contribution in [2.75, 3.05) is 13.4 Å². The monoisotopic (exact) mass is 478 g/mol. The highest BCUT2D eigenvalue weighted by Crippen LogP contribution is 2.32. The molecule has 2 aliphatic rings. The molecule has 0 aromatic heterocycles. The fourth-order valence-electron chi connectivity index (χ4n) is 3.50. The average Bonchev–Trinajstić information content (AvgIpc) is 3.26. The van der Waals surface area contributed by atoms with E-state index in [4.69, 9.17) is 14.2 Å². The number of amides is 1. The summed E-state index contributed by atoms with van der Waals surface area (Å²) in [4.78, 5) is 12.1. The van der Waals surface area contributed by atoms with E-state index in [-0.39, 0.29) is 30.6 Å². The van der Waals surface area contributed by atoms with Gasteiger partial charge in [-0.25, -0.2) is 17.5 Å². The number of nitrogens with one attached hydrogen (secondary N) is 2. The van der Waals surface area contributed by atoms with E-state index in [0.717, 1.165) is 17.7 Å². The zero-order chi connectivity index (χ0) is 23.4. The number of aliphatic hydroxyl groups is 1. The van der Waals surface area contributed by atoms with Crippen molar-refractivity contribution in [3.05, 3.63) is 66.0 Å².